The molecule has 1 aromatic carbocycles. The minimum Gasteiger partial charge on any atom is -0.382 e. The van der Waals surface area contributed by atoms with Crippen LogP contribution in [0.1, 0.15) is 37.4 Å². The number of rotatable bonds is 6. The predicted octanol–water partition coefficient (Wildman–Crippen LogP) is 2.94. The van der Waals surface area contributed by atoms with Crippen LogP contribution < -0.4 is 5.32 Å². The lowest BCUT2D eigenvalue weighted by molar-refractivity contribution is 0.127. The van der Waals surface area contributed by atoms with Crippen molar-refractivity contribution in [2.24, 2.45) is 5.92 Å². The Balaban J connectivity index is 2.04. The maximum absolute atomic E-state index is 5.49. The van der Waals surface area contributed by atoms with Crippen LogP contribution in [0, 0.1) is 5.92 Å². The van der Waals surface area contributed by atoms with Crippen LogP contribution in [-0.2, 0) is 11.2 Å². The second-order valence-corrected chi connectivity index (χ2v) is 4.68. The van der Waals surface area contributed by atoms with E-state index in [1.807, 2.05) is 0 Å². The van der Waals surface area contributed by atoms with E-state index < -0.39 is 0 Å². The zero-order chi connectivity index (χ0) is 12.1. The van der Waals surface area contributed by atoms with Gasteiger partial charge in [0.25, 0.3) is 0 Å². The van der Waals surface area contributed by atoms with Gasteiger partial charge in [-0.2, -0.15) is 0 Å². The topological polar surface area (TPSA) is 21.3 Å². The lowest BCUT2D eigenvalue weighted by Gasteiger charge is -2.21. The zero-order valence-corrected chi connectivity index (χ0v) is 10.9. The van der Waals surface area contributed by atoms with E-state index in [1.54, 1.807) is 0 Å². The Labute approximate surface area is 104 Å². The lowest BCUT2D eigenvalue weighted by atomic mass is 9.97. The van der Waals surface area contributed by atoms with Gasteiger partial charge in [-0.1, -0.05) is 31.2 Å². The molecule has 0 spiro atoms. The molecule has 0 fully saturated rings. The number of benzene rings is 1. The fourth-order valence-corrected chi connectivity index (χ4v) is 2.82. The first-order chi connectivity index (χ1) is 8.36. The molecule has 2 heteroatoms. The van der Waals surface area contributed by atoms with Gasteiger partial charge in [0, 0.05) is 19.3 Å². The third-order valence-electron chi connectivity index (χ3n) is 3.60. The Morgan fingerprint density at radius 2 is 2.12 bits per heavy atom. The van der Waals surface area contributed by atoms with Gasteiger partial charge in [0.05, 0.1) is 0 Å². The first kappa shape index (κ1) is 12.6. The van der Waals surface area contributed by atoms with Crippen molar-refractivity contribution in [2.75, 3.05) is 19.8 Å². The lowest BCUT2D eigenvalue weighted by Crippen LogP contribution is -2.26. The van der Waals surface area contributed by atoms with Crippen molar-refractivity contribution in [1.82, 2.24) is 5.32 Å². The van der Waals surface area contributed by atoms with Crippen LogP contribution in [-0.4, -0.2) is 19.8 Å². The summed E-state index contributed by atoms with van der Waals surface area (Å²) >= 11 is 0. The molecule has 0 aliphatic heterocycles. The molecule has 0 saturated heterocycles. The molecule has 0 aromatic heterocycles. The first-order valence-corrected chi connectivity index (χ1v) is 6.75. The smallest absolute Gasteiger partial charge is 0.0469 e. The second-order valence-electron chi connectivity index (χ2n) is 4.68. The molecule has 1 aromatic rings. The standard InChI is InChI=1S/C15H23NO/c1-3-16-15-13(9-10-17-4-2)11-12-7-5-6-8-14(12)15/h5-8,13,15-16H,3-4,9-11H2,1-2H3. The highest BCUT2D eigenvalue weighted by atomic mass is 16.5. The summed E-state index contributed by atoms with van der Waals surface area (Å²) in [5, 5.41) is 3.62. The number of hydrogen-bond donors (Lipinski definition) is 1. The summed E-state index contributed by atoms with van der Waals surface area (Å²) in [4.78, 5) is 0. The van der Waals surface area contributed by atoms with Crippen molar-refractivity contribution < 1.29 is 4.74 Å². The fraction of sp³-hybridized carbons (Fsp3) is 0.600. The molecule has 0 amide bonds. The average Bonchev–Trinajstić information content (AvgIpc) is 2.69. The summed E-state index contributed by atoms with van der Waals surface area (Å²) in [5.41, 5.74) is 3.01. The van der Waals surface area contributed by atoms with Crippen molar-refractivity contribution in [3.05, 3.63) is 35.4 Å². The molecule has 2 rings (SSSR count). The van der Waals surface area contributed by atoms with E-state index in [0.29, 0.717) is 12.0 Å². The van der Waals surface area contributed by atoms with E-state index in [2.05, 4.69) is 43.4 Å². The molecule has 0 radical (unpaired) electrons. The molecule has 1 aliphatic rings. The monoisotopic (exact) mass is 233 g/mol. The van der Waals surface area contributed by atoms with Crippen molar-refractivity contribution >= 4 is 0 Å². The summed E-state index contributed by atoms with van der Waals surface area (Å²) in [5.74, 6) is 0.693. The van der Waals surface area contributed by atoms with Gasteiger partial charge in [-0.05, 0) is 43.4 Å². The van der Waals surface area contributed by atoms with Gasteiger partial charge in [-0.25, -0.2) is 0 Å². The van der Waals surface area contributed by atoms with E-state index in [1.165, 1.54) is 17.5 Å². The Morgan fingerprint density at radius 3 is 2.88 bits per heavy atom. The highest BCUT2D eigenvalue weighted by molar-refractivity contribution is 5.35. The van der Waals surface area contributed by atoms with Crippen LogP contribution in [0.5, 0.6) is 0 Å². The zero-order valence-electron chi connectivity index (χ0n) is 10.9. The van der Waals surface area contributed by atoms with Gasteiger partial charge in [-0.15, -0.1) is 0 Å². The molecule has 2 atom stereocenters. The average molecular weight is 233 g/mol. The normalized spacial score (nSPS) is 22.7. The summed E-state index contributed by atoms with van der Waals surface area (Å²) in [6, 6.07) is 9.35. The molecule has 0 saturated carbocycles. The van der Waals surface area contributed by atoms with Crippen molar-refractivity contribution in [3.8, 4) is 0 Å². The Kier molecular flexibility index (Phi) is 4.57. The second kappa shape index (κ2) is 6.18. The van der Waals surface area contributed by atoms with Crippen LogP contribution in [0.2, 0.25) is 0 Å². The number of nitrogens with one attached hydrogen (secondary N) is 1. The van der Waals surface area contributed by atoms with Gasteiger partial charge in [0.15, 0.2) is 0 Å². The molecule has 2 nitrogen and oxygen atoms in total. The van der Waals surface area contributed by atoms with Crippen LogP contribution in [0.3, 0.4) is 0 Å². The minimum absolute atomic E-state index is 0.525. The van der Waals surface area contributed by atoms with Crippen LogP contribution in [0.4, 0.5) is 0 Å². The highest BCUT2D eigenvalue weighted by Crippen LogP contribution is 2.37. The van der Waals surface area contributed by atoms with Crippen LogP contribution in [0.25, 0.3) is 0 Å². The highest BCUT2D eigenvalue weighted by Gasteiger charge is 2.30. The van der Waals surface area contributed by atoms with Gasteiger partial charge < -0.3 is 10.1 Å². The van der Waals surface area contributed by atoms with E-state index in [-0.39, 0.29) is 0 Å². The Hall–Kier alpha value is -0.860. The first-order valence-electron chi connectivity index (χ1n) is 6.75. The quantitative estimate of drug-likeness (QED) is 0.763. The number of hydrogen-bond acceptors (Lipinski definition) is 2. The SMILES string of the molecule is CCNC1c2ccccc2CC1CCOCC. The van der Waals surface area contributed by atoms with Crippen molar-refractivity contribution in [3.63, 3.8) is 0 Å². The van der Waals surface area contributed by atoms with Gasteiger partial charge in [-0.3, -0.25) is 0 Å². The van der Waals surface area contributed by atoms with Crippen molar-refractivity contribution in [2.45, 2.75) is 32.7 Å². The summed E-state index contributed by atoms with van der Waals surface area (Å²) in [6.45, 7) is 6.98. The van der Waals surface area contributed by atoms with Crippen LogP contribution in [0.15, 0.2) is 24.3 Å². The molecule has 1 N–H and O–H groups in total. The van der Waals surface area contributed by atoms with E-state index in [4.69, 9.17) is 4.74 Å². The summed E-state index contributed by atoms with van der Waals surface area (Å²) in [7, 11) is 0. The summed E-state index contributed by atoms with van der Waals surface area (Å²) in [6.07, 6.45) is 2.35. The Bertz CT molecular complexity index is 351. The third-order valence-corrected chi connectivity index (χ3v) is 3.60. The molecule has 94 valence electrons. The predicted molar refractivity (Wildman–Crippen MR) is 71.2 cm³/mol. The number of fused-ring (bicyclic) bond motifs is 1. The maximum Gasteiger partial charge on any atom is 0.0469 e. The van der Waals surface area contributed by atoms with Crippen molar-refractivity contribution in [1.29, 1.82) is 0 Å². The maximum atomic E-state index is 5.49. The third kappa shape index (κ3) is 2.88. The summed E-state index contributed by atoms with van der Waals surface area (Å²) < 4.78 is 5.49. The van der Waals surface area contributed by atoms with E-state index in [9.17, 15) is 0 Å². The molecular weight excluding hydrogens is 210 g/mol. The number of ether oxygens (including phenoxy) is 1. The molecule has 2 unspecified atom stereocenters. The molecule has 0 bridgehead atoms. The minimum atomic E-state index is 0.525. The van der Waals surface area contributed by atoms with Crippen LogP contribution >= 0.6 is 0 Å². The molecular formula is C15H23NO. The Morgan fingerprint density at radius 1 is 1.29 bits per heavy atom. The largest absolute Gasteiger partial charge is 0.382 e. The molecule has 0 heterocycles. The van der Waals surface area contributed by atoms with E-state index >= 15 is 0 Å². The fourth-order valence-electron chi connectivity index (χ4n) is 2.82. The van der Waals surface area contributed by atoms with E-state index in [0.717, 1.165) is 26.2 Å². The molecule has 17 heavy (non-hydrogen) atoms. The van der Waals surface area contributed by atoms with Gasteiger partial charge >= 0.3 is 0 Å². The molecule has 1 aliphatic carbocycles. The van der Waals surface area contributed by atoms with Gasteiger partial charge in [0.1, 0.15) is 0 Å². The van der Waals surface area contributed by atoms with Gasteiger partial charge in [0.2, 0.25) is 0 Å².